The molecular weight excluding hydrogens is 440 g/mol. The number of aliphatic imine (C=N–C) groups is 1. The summed E-state index contributed by atoms with van der Waals surface area (Å²) < 4.78 is 11.3. The second-order valence-electron chi connectivity index (χ2n) is 7.76. The molecule has 0 saturated heterocycles. The smallest absolute Gasteiger partial charge is 0.280 e. The Bertz CT molecular complexity index is 1110. The number of aromatic nitrogens is 2. The zero-order chi connectivity index (χ0) is 23.4. The Balaban J connectivity index is 1.54. The number of thioether (sulfide) groups is 1. The number of benzene rings is 1. The Kier molecular flexibility index (Phi) is 6.95. The van der Waals surface area contributed by atoms with E-state index in [0.29, 0.717) is 28.8 Å². The van der Waals surface area contributed by atoms with Gasteiger partial charge in [0, 0.05) is 24.0 Å². The number of nitrogens with one attached hydrogen (secondary N) is 1. The lowest BCUT2D eigenvalue weighted by Gasteiger charge is -2.24. The van der Waals surface area contributed by atoms with Crippen molar-refractivity contribution in [1.29, 1.82) is 0 Å². The van der Waals surface area contributed by atoms with Crippen LogP contribution in [0, 0.1) is 0 Å². The van der Waals surface area contributed by atoms with Gasteiger partial charge in [-0.05, 0) is 50.5 Å². The molecule has 10 heteroatoms. The fraction of sp³-hybridized carbons (Fsp3) is 0.304. The zero-order valence-corrected chi connectivity index (χ0v) is 19.5. The highest BCUT2D eigenvalue weighted by Gasteiger charge is 2.38. The molecule has 4 rings (SSSR count). The van der Waals surface area contributed by atoms with E-state index in [2.05, 4.69) is 15.3 Å². The first-order valence-electron chi connectivity index (χ1n) is 10.4. The second-order valence-corrected chi connectivity index (χ2v) is 8.93. The Hall–Kier alpha value is -3.37. The van der Waals surface area contributed by atoms with Crippen LogP contribution in [0.15, 0.2) is 59.4 Å². The van der Waals surface area contributed by atoms with E-state index in [1.807, 2.05) is 31.1 Å². The quantitative estimate of drug-likeness (QED) is 0.610. The Labute approximate surface area is 196 Å². The molecule has 9 nitrogen and oxygen atoms in total. The number of nitrogen functional groups attached to an aromatic ring is 1. The number of rotatable bonds is 8. The van der Waals surface area contributed by atoms with Gasteiger partial charge >= 0.3 is 0 Å². The average molecular weight is 467 g/mol. The van der Waals surface area contributed by atoms with Gasteiger partial charge < -0.3 is 25.4 Å². The molecule has 172 valence electrons. The third-order valence-electron chi connectivity index (χ3n) is 5.07. The van der Waals surface area contributed by atoms with Crippen LogP contribution in [0.1, 0.15) is 5.69 Å². The van der Waals surface area contributed by atoms with Gasteiger partial charge in [0.15, 0.2) is 5.04 Å². The third-order valence-corrected chi connectivity index (χ3v) is 6.25. The number of nitrogens with zero attached hydrogens (tertiary/aromatic N) is 4. The summed E-state index contributed by atoms with van der Waals surface area (Å²) in [6.45, 7) is 1.27. The number of fused-ring (bicyclic) bond motifs is 1. The van der Waals surface area contributed by atoms with Gasteiger partial charge in [0.1, 0.15) is 24.2 Å². The van der Waals surface area contributed by atoms with E-state index in [1.165, 1.54) is 11.8 Å². The molecule has 33 heavy (non-hydrogen) atoms. The van der Waals surface area contributed by atoms with Crippen LogP contribution in [-0.4, -0.2) is 71.5 Å². The maximum atomic E-state index is 12.9. The van der Waals surface area contributed by atoms with Crippen molar-refractivity contribution < 1.29 is 14.3 Å². The lowest BCUT2D eigenvalue weighted by molar-refractivity contribution is -0.110. The lowest BCUT2D eigenvalue weighted by atomic mass is 9.98. The fourth-order valence-electron chi connectivity index (χ4n) is 3.38. The molecule has 2 aromatic rings. The van der Waals surface area contributed by atoms with Gasteiger partial charge in [-0.15, -0.1) is 0 Å². The maximum absolute atomic E-state index is 12.9. The highest BCUT2D eigenvalue weighted by molar-refractivity contribution is 8.16. The molecule has 1 aliphatic heterocycles. The number of likely N-dealkylation sites (N-methyl/N-ethyl adjacent to an activating group) is 1. The number of nitrogens with two attached hydrogens (primary N) is 1. The Morgan fingerprint density at radius 3 is 2.73 bits per heavy atom. The summed E-state index contributed by atoms with van der Waals surface area (Å²) in [5.74, 6) is 1.37. The summed E-state index contributed by atoms with van der Waals surface area (Å²) in [5, 5.41) is 3.21. The minimum absolute atomic E-state index is 0.0906. The van der Waals surface area contributed by atoms with Crippen LogP contribution in [0.3, 0.4) is 0 Å². The number of carbonyl (C=O) groups excluding carboxylic acids is 1. The van der Waals surface area contributed by atoms with Crippen molar-refractivity contribution in [3.63, 3.8) is 0 Å². The molecular formula is C23H26N6O3S. The number of carbonyl (C=O) groups is 1. The first-order valence-corrected chi connectivity index (χ1v) is 11.3. The van der Waals surface area contributed by atoms with E-state index in [9.17, 15) is 4.79 Å². The molecule has 1 aromatic heterocycles. The molecule has 3 N–H and O–H groups in total. The van der Waals surface area contributed by atoms with Gasteiger partial charge in [-0.1, -0.05) is 17.8 Å². The number of allylic oxidation sites excluding steroid dienone is 2. The Morgan fingerprint density at radius 1 is 1.24 bits per heavy atom. The van der Waals surface area contributed by atoms with Crippen LogP contribution in [0.4, 0.5) is 11.6 Å². The van der Waals surface area contributed by atoms with Gasteiger partial charge in [0.2, 0.25) is 5.95 Å². The largest absolute Gasteiger partial charge is 0.497 e. The van der Waals surface area contributed by atoms with Gasteiger partial charge in [-0.25, -0.2) is 9.97 Å². The van der Waals surface area contributed by atoms with E-state index in [0.717, 1.165) is 17.9 Å². The number of anilines is 2. The number of amides is 1. The molecule has 0 fully saturated rings. The molecule has 2 atom stereocenters. The van der Waals surface area contributed by atoms with E-state index in [4.69, 9.17) is 20.2 Å². The molecule has 1 aliphatic carbocycles. The summed E-state index contributed by atoms with van der Waals surface area (Å²) in [6.07, 6.45) is 5.59. The van der Waals surface area contributed by atoms with Crippen LogP contribution >= 0.6 is 11.8 Å². The van der Waals surface area contributed by atoms with Gasteiger partial charge in [-0.2, -0.15) is 0 Å². The molecule has 1 aromatic carbocycles. The van der Waals surface area contributed by atoms with E-state index in [1.54, 1.807) is 43.6 Å². The topological polar surface area (TPSA) is 115 Å². The predicted octanol–water partition coefficient (Wildman–Crippen LogP) is 2.45. The van der Waals surface area contributed by atoms with Gasteiger partial charge in [0.25, 0.3) is 5.91 Å². The molecule has 2 unspecified atom stereocenters. The normalized spacial score (nSPS) is 19.3. The van der Waals surface area contributed by atoms with E-state index < -0.39 is 0 Å². The monoisotopic (exact) mass is 466 g/mol. The molecule has 2 aliphatic rings. The Morgan fingerprint density at radius 2 is 2.03 bits per heavy atom. The molecule has 2 heterocycles. The fourth-order valence-corrected chi connectivity index (χ4v) is 4.50. The first kappa shape index (κ1) is 22.8. The van der Waals surface area contributed by atoms with Crippen molar-refractivity contribution in [1.82, 2.24) is 14.9 Å². The molecule has 1 amide bonds. The highest BCUT2D eigenvalue weighted by Crippen LogP contribution is 2.39. The van der Waals surface area contributed by atoms with Crippen molar-refractivity contribution in [2.45, 2.75) is 11.3 Å². The van der Waals surface area contributed by atoms with Crippen molar-refractivity contribution in [3.8, 4) is 5.75 Å². The number of hydrogen-bond donors (Lipinski definition) is 2. The predicted molar refractivity (Wildman–Crippen MR) is 131 cm³/mol. The van der Waals surface area contributed by atoms with E-state index >= 15 is 0 Å². The van der Waals surface area contributed by atoms with Crippen molar-refractivity contribution >= 4 is 39.9 Å². The third kappa shape index (κ3) is 5.52. The summed E-state index contributed by atoms with van der Waals surface area (Å²) in [6, 6.07) is 8.68. The first-order chi connectivity index (χ1) is 15.9. The molecule has 0 bridgehead atoms. The van der Waals surface area contributed by atoms with E-state index in [-0.39, 0.29) is 23.1 Å². The second kappa shape index (κ2) is 10.1. The van der Waals surface area contributed by atoms with Crippen LogP contribution in [0.5, 0.6) is 5.75 Å². The van der Waals surface area contributed by atoms with Crippen molar-refractivity contribution in [2.75, 3.05) is 45.4 Å². The SMILES string of the molecule is COc1ccc(NC(=O)C2=NC3C(OCCN(C)C)=CC(c4ccnc(N)n4)=CC3S2)cc1. The van der Waals surface area contributed by atoms with Crippen LogP contribution in [0.2, 0.25) is 0 Å². The number of ether oxygens (including phenoxy) is 2. The maximum Gasteiger partial charge on any atom is 0.280 e. The number of methoxy groups -OCH3 is 1. The summed E-state index contributed by atoms with van der Waals surface area (Å²) in [4.78, 5) is 27.9. The van der Waals surface area contributed by atoms with Crippen molar-refractivity contribution in [3.05, 3.63) is 60.1 Å². The standard InChI is InChI=1S/C23H26N6O3S/c1-29(2)10-11-32-18-12-14(17-8-9-25-23(24)27-17)13-19-20(18)28-22(33-19)21(30)26-15-4-6-16(31-3)7-5-15/h4-9,12-13,19-20H,10-11H2,1-3H3,(H,26,30)(H2,24,25,27). The molecule has 0 radical (unpaired) electrons. The number of hydrogen-bond acceptors (Lipinski definition) is 9. The van der Waals surface area contributed by atoms with Crippen LogP contribution in [-0.2, 0) is 9.53 Å². The summed E-state index contributed by atoms with van der Waals surface area (Å²) in [7, 11) is 5.58. The molecule has 0 saturated carbocycles. The van der Waals surface area contributed by atoms with Crippen LogP contribution in [0.25, 0.3) is 5.57 Å². The summed E-state index contributed by atoms with van der Waals surface area (Å²) in [5.41, 5.74) is 8.01. The summed E-state index contributed by atoms with van der Waals surface area (Å²) >= 11 is 1.41. The highest BCUT2D eigenvalue weighted by atomic mass is 32.2. The lowest BCUT2D eigenvalue weighted by Crippen LogP contribution is -2.26. The van der Waals surface area contributed by atoms with Crippen LogP contribution < -0.4 is 15.8 Å². The van der Waals surface area contributed by atoms with Gasteiger partial charge in [-0.3, -0.25) is 9.79 Å². The minimum Gasteiger partial charge on any atom is -0.497 e. The zero-order valence-electron chi connectivity index (χ0n) is 18.7. The molecule has 0 spiro atoms. The van der Waals surface area contributed by atoms with Gasteiger partial charge in [0.05, 0.1) is 18.1 Å². The minimum atomic E-state index is -0.281. The van der Waals surface area contributed by atoms with Crippen molar-refractivity contribution in [2.24, 2.45) is 4.99 Å². The average Bonchev–Trinajstić information content (AvgIpc) is 3.24.